The van der Waals surface area contributed by atoms with Crippen LogP contribution in [0.4, 0.5) is 16.0 Å². The van der Waals surface area contributed by atoms with Crippen molar-refractivity contribution in [1.29, 1.82) is 5.26 Å². The van der Waals surface area contributed by atoms with Crippen LogP contribution in [0.2, 0.25) is 0 Å². The van der Waals surface area contributed by atoms with Gasteiger partial charge in [-0.05, 0) is 43.7 Å². The summed E-state index contributed by atoms with van der Waals surface area (Å²) in [4.78, 5) is 11.3. The number of pyridine rings is 1. The van der Waals surface area contributed by atoms with Crippen molar-refractivity contribution in [3.05, 3.63) is 36.4 Å². The number of aromatic nitrogens is 4. The van der Waals surface area contributed by atoms with Crippen molar-refractivity contribution in [2.24, 2.45) is 5.92 Å². The number of nitrogens with one attached hydrogen (secondary N) is 2. The fraction of sp³-hybridized carbons (Fsp3) is 0.478. The van der Waals surface area contributed by atoms with Gasteiger partial charge in [0.1, 0.15) is 0 Å². The van der Waals surface area contributed by atoms with Crippen LogP contribution in [0.3, 0.4) is 0 Å². The molecular formula is C23H27FN8. The monoisotopic (exact) mass is 434 g/mol. The van der Waals surface area contributed by atoms with E-state index in [9.17, 15) is 0 Å². The van der Waals surface area contributed by atoms with E-state index in [1.54, 1.807) is 10.7 Å². The van der Waals surface area contributed by atoms with E-state index in [0.717, 1.165) is 49.9 Å². The van der Waals surface area contributed by atoms with Gasteiger partial charge in [0.15, 0.2) is 17.5 Å². The largest absolute Gasteiger partial charge is 0.365 e. The Morgan fingerprint density at radius 1 is 1.16 bits per heavy atom. The van der Waals surface area contributed by atoms with Gasteiger partial charge in [0.2, 0.25) is 5.82 Å². The van der Waals surface area contributed by atoms with Gasteiger partial charge in [-0.1, -0.05) is 6.07 Å². The second-order valence-electron chi connectivity index (χ2n) is 8.58. The van der Waals surface area contributed by atoms with Crippen LogP contribution in [0.5, 0.6) is 0 Å². The van der Waals surface area contributed by atoms with Crippen molar-refractivity contribution in [3.63, 3.8) is 0 Å². The maximum atomic E-state index is 15.6. The minimum Gasteiger partial charge on any atom is -0.365 e. The summed E-state index contributed by atoms with van der Waals surface area (Å²) in [6.45, 7) is 2.98. The summed E-state index contributed by atoms with van der Waals surface area (Å²) in [5.74, 6) is 1.11. The summed E-state index contributed by atoms with van der Waals surface area (Å²) in [6.07, 6.45) is 7.97. The van der Waals surface area contributed by atoms with E-state index < -0.39 is 5.82 Å². The SMILES string of the molecule is N#CC[C@H]1CC[C@H](Nc2nc(-c3cnn4ccccc34)nc(N3CCNCC3)c2F)CC1. The summed E-state index contributed by atoms with van der Waals surface area (Å²) in [6, 6.07) is 8.23. The second-order valence-corrected chi connectivity index (χ2v) is 8.58. The van der Waals surface area contributed by atoms with Crippen LogP contribution in [0.25, 0.3) is 16.9 Å². The molecule has 0 amide bonds. The van der Waals surface area contributed by atoms with E-state index in [1.165, 1.54) is 0 Å². The molecule has 8 nitrogen and oxygen atoms in total. The fourth-order valence-electron chi connectivity index (χ4n) is 4.68. The Balaban J connectivity index is 1.49. The first-order chi connectivity index (χ1) is 15.7. The van der Waals surface area contributed by atoms with Crippen LogP contribution in [-0.2, 0) is 0 Å². The van der Waals surface area contributed by atoms with Gasteiger partial charge >= 0.3 is 0 Å². The highest BCUT2D eigenvalue weighted by atomic mass is 19.1. The van der Waals surface area contributed by atoms with Crippen molar-refractivity contribution in [1.82, 2.24) is 24.9 Å². The fourth-order valence-corrected chi connectivity index (χ4v) is 4.68. The molecule has 0 aromatic carbocycles. The number of anilines is 2. The molecule has 1 aliphatic carbocycles. The van der Waals surface area contributed by atoms with Crippen molar-refractivity contribution in [2.75, 3.05) is 36.4 Å². The first-order valence-corrected chi connectivity index (χ1v) is 11.3. The number of nitriles is 1. The van der Waals surface area contributed by atoms with E-state index in [2.05, 4.69) is 31.8 Å². The second kappa shape index (κ2) is 9.09. The Hall–Kier alpha value is -3.25. The van der Waals surface area contributed by atoms with Gasteiger partial charge in [-0.15, -0.1) is 0 Å². The Morgan fingerprint density at radius 2 is 1.97 bits per heavy atom. The normalized spacial score (nSPS) is 21.4. The third-order valence-electron chi connectivity index (χ3n) is 6.49. The number of fused-ring (bicyclic) bond motifs is 1. The summed E-state index contributed by atoms with van der Waals surface area (Å²) in [5.41, 5.74) is 1.66. The number of nitrogens with zero attached hydrogens (tertiary/aromatic N) is 6. The minimum absolute atomic E-state index is 0.141. The van der Waals surface area contributed by atoms with Crippen molar-refractivity contribution in [3.8, 4) is 17.5 Å². The Morgan fingerprint density at radius 3 is 2.75 bits per heavy atom. The molecule has 32 heavy (non-hydrogen) atoms. The molecule has 2 N–H and O–H groups in total. The maximum absolute atomic E-state index is 15.6. The third-order valence-corrected chi connectivity index (χ3v) is 6.49. The smallest absolute Gasteiger partial charge is 0.207 e. The average Bonchev–Trinajstić information content (AvgIpc) is 3.27. The lowest BCUT2D eigenvalue weighted by atomic mass is 9.84. The molecule has 166 valence electrons. The number of hydrogen-bond donors (Lipinski definition) is 2. The molecular weight excluding hydrogens is 407 g/mol. The highest BCUT2D eigenvalue weighted by Gasteiger charge is 2.26. The first-order valence-electron chi connectivity index (χ1n) is 11.3. The van der Waals surface area contributed by atoms with Gasteiger partial charge in [-0.2, -0.15) is 14.8 Å². The Labute approximate surface area is 186 Å². The molecule has 0 atom stereocenters. The molecule has 1 saturated carbocycles. The third kappa shape index (κ3) is 4.10. The predicted octanol–water partition coefficient (Wildman–Crippen LogP) is 3.22. The van der Waals surface area contributed by atoms with Crippen molar-refractivity contribution in [2.45, 2.75) is 38.1 Å². The van der Waals surface area contributed by atoms with Gasteiger partial charge in [-0.3, -0.25) is 0 Å². The van der Waals surface area contributed by atoms with E-state index in [-0.39, 0.29) is 11.9 Å². The molecule has 1 aliphatic heterocycles. The number of halogens is 1. The quantitative estimate of drug-likeness (QED) is 0.637. The highest BCUT2D eigenvalue weighted by Crippen LogP contribution is 2.32. The van der Waals surface area contributed by atoms with E-state index in [0.29, 0.717) is 37.1 Å². The molecule has 4 heterocycles. The lowest BCUT2D eigenvalue weighted by Crippen LogP contribution is -2.44. The molecule has 2 fully saturated rings. The predicted molar refractivity (Wildman–Crippen MR) is 121 cm³/mol. The number of piperazine rings is 1. The highest BCUT2D eigenvalue weighted by molar-refractivity contribution is 5.77. The Bertz CT molecular complexity index is 1120. The van der Waals surface area contributed by atoms with Crippen molar-refractivity contribution < 1.29 is 4.39 Å². The molecule has 1 saturated heterocycles. The molecule has 3 aromatic rings. The van der Waals surface area contributed by atoms with Crippen LogP contribution in [0, 0.1) is 23.1 Å². The van der Waals surface area contributed by atoms with Gasteiger partial charge < -0.3 is 15.5 Å². The molecule has 3 aromatic heterocycles. The summed E-state index contributed by atoms with van der Waals surface area (Å²) >= 11 is 0. The molecule has 0 unspecified atom stereocenters. The molecule has 9 heteroatoms. The van der Waals surface area contributed by atoms with E-state index in [1.807, 2.05) is 29.3 Å². The molecule has 5 rings (SSSR count). The summed E-state index contributed by atoms with van der Waals surface area (Å²) in [7, 11) is 0. The van der Waals surface area contributed by atoms with Crippen molar-refractivity contribution >= 4 is 17.2 Å². The molecule has 0 spiro atoms. The van der Waals surface area contributed by atoms with Gasteiger partial charge in [-0.25, -0.2) is 14.5 Å². The lowest BCUT2D eigenvalue weighted by Gasteiger charge is -2.31. The molecule has 0 radical (unpaired) electrons. The van der Waals surface area contributed by atoms with Crippen LogP contribution in [0.15, 0.2) is 30.6 Å². The van der Waals surface area contributed by atoms with Crippen LogP contribution in [0.1, 0.15) is 32.1 Å². The van der Waals surface area contributed by atoms with E-state index in [4.69, 9.17) is 5.26 Å². The zero-order chi connectivity index (χ0) is 21.9. The summed E-state index contributed by atoms with van der Waals surface area (Å²) < 4.78 is 17.4. The molecule has 2 aliphatic rings. The van der Waals surface area contributed by atoms with E-state index >= 15 is 4.39 Å². The summed E-state index contributed by atoms with van der Waals surface area (Å²) in [5, 5.41) is 20.0. The first kappa shape index (κ1) is 20.6. The maximum Gasteiger partial charge on any atom is 0.207 e. The minimum atomic E-state index is -0.397. The zero-order valence-electron chi connectivity index (χ0n) is 18.0. The van der Waals surface area contributed by atoms with Crippen LogP contribution >= 0.6 is 0 Å². The standard InChI is InChI=1S/C23H27FN8/c24-20-22(28-17-6-4-16(5-7-17)8-9-25)29-21(30-23(20)31-13-10-26-11-14-31)18-15-27-32-12-2-1-3-19(18)32/h1-3,12,15-17,26H,4-8,10-11,13-14H2,(H,28,29,30)/t16-,17-. The van der Waals surface area contributed by atoms with Crippen LogP contribution < -0.4 is 15.5 Å². The Kier molecular flexibility index (Phi) is 5.86. The lowest BCUT2D eigenvalue weighted by molar-refractivity contribution is 0.341. The zero-order valence-corrected chi connectivity index (χ0v) is 18.0. The number of hydrogen-bond acceptors (Lipinski definition) is 7. The van der Waals surface area contributed by atoms with Gasteiger partial charge in [0, 0.05) is 44.8 Å². The topological polar surface area (TPSA) is 94.2 Å². The average molecular weight is 435 g/mol. The van der Waals surface area contributed by atoms with Gasteiger partial charge in [0.25, 0.3) is 0 Å². The number of rotatable bonds is 5. The van der Waals surface area contributed by atoms with Gasteiger partial charge in [0.05, 0.1) is 23.3 Å². The van der Waals surface area contributed by atoms with Crippen LogP contribution in [-0.4, -0.2) is 51.8 Å². The molecule has 0 bridgehead atoms.